The van der Waals surface area contributed by atoms with E-state index in [1.807, 2.05) is 30.3 Å². The number of benzene rings is 2. The number of carbonyl (C=O) groups is 2. The number of aldehydes is 1. The number of hydrogen-bond donors (Lipinski definition) is 1. The molecule has 138 valence electrons. The summed E-state index contributed by atoms with van der Waals surface area (Å²) in [6, 6.07) is 15.5. The van der Waals surface area contributed by atoms with Crippen LogP contribution in [0.2, 0.25) is 0 Å². The minimum Gasteiger partial charge on any atom is -0.497 e. The molecular weight excluding hydrogens is 334 g/mol. The van der Waals surface area contributed by atoms with Crippen LogP contribution in [0.15, 0.2) is 54.6 Å². The van der Waals surface area contributed by atoms with Gasteiger partial charge in [-0.25, -0.2) is 4.79 Å². The van der Waals surface area contributed by atoms with Crippen LogP contribution in [0.5, 0.6) is 5.75 Å². The molecule has 0 heterocycles. The quantitative estimate of drug-likeness (QED) is 0.521. The van der Waals surface area contributed by atoms with Crippen molar-refractivity contribution < 1.29 is 23.8 Å². The highest BCUT2D eigenvalue weighted by Crippen LogP contribution is 2.18. The van der Waals surface area contributed by atoms with Gasteiger partial charge in [0.15, 0.2) is 12.3 Å². The molecule has 6 heteroatoms. The summed E-state index contributed by atoms with van der Waals surface area (Å²) < 4.78 is 15.9. The highest BCUT2D eigenvalue weighted by molar-refractivity contribution is 5.84. The van der Waals surface area contributed by atoms with Crippen LogP contribution >= 0.6 is 0 Å². The van der Waals surface area contributed by atoms with Crippen LogP contribution in [-0.4, -0.2) is 38.1 Å². The second kappa shape index (κ2) is 10.2. The number of nitrogens with one attached hydrogen (secondary N) is 1. The van der Waals surface area contributed by atoms with Crippen LogP contribution in [-0.2, 0) is 25.7 Å². The summed E-state index contributed by atoms with van der Waals surface area (Å²) in [5.41, 5.74) is 1.56. The topological polar surface area (TPSA) is 73.9 Å². The summed E-state index contributed by atoms with van der Waals surface area (Å²) in [4.78, 5) is 23.9. The van der Waals surface area contributed by atoms with Gasteiger partial charge in [0.1, 0.15) is 11.9 Å². The van der Waals surface area contributed by atoms with Gasteiger partial charge in [0, 0.05) is 5.69 Å². The Balaban J connectivity index is 2.11. The Labute approximate surface area is 153 Å². The van der Waals surface area contributed by atoms with Crippen molar-refractivity contribution >= 4 is 17.9 Å². The average molecular weight is 357 g/mol. The van der Waals surface area contributed by atoms with Crippen molar-refractivity contribution in [3.8, 4) is 5.75 Å². The highest BCUT2D eigenvalue weighted by Gasteiger charge is 2.30. The van der Waals surface area contributed by atoms with E-state index in [1.165, 1.54) is 0 Å². The molecule has 0 bridgehead atoms. The molecule has 0 fully saturated rings. The molecule has 0 saturated carbocycles. The Kier molecular flexibility index (Phi) is 7.64. The first kappa shape index (κ1) is 19.5. The molecule has 2 rings (SSSR count). The van der Waals surface area contributed by atoms with Crippen LogP contribution in [0.25, 0.3) is 0 Å². The van der Waals surface area contributed by atoms with Crippen LogP contribution in [0.3, 0.4) is 0 Å². The lowest BCUT2D eigenvalue weighted by molar-refractivity contribution is -0.149. The van der Waals surface area contributed by atoms with E-state index in [1.54, 1.807) is 38.3 Å². The fraction of sp³-hybridized carbons (Fsp3) is 0.300. The number of carbonyl (C=O) groups excluding carboxylic acids is 2. The zero-order chi connectivity index (χ0) is 18.8. The third-order valence-corrected chi connectivity index (χ3v) is 3.70. The van der Waals surface area contributed by atoms with Crippen LogP contribution in [0.1, 0.15) is 12.5 Å². The van der Waals surface area contributed by atoms with Crippen molar-refractivity contribution in [1.29, 1.82) is 0 Å². The van der Waals surface area contributed by atoms with E-state index in [2.05, 4.69) is 5.32 Å². The van der Waals surface area contributed by atoms with Crippen molar-refractivity contribution in [2.75, 3.05) is 19.0 Å². The summed E-state index contributed by atoms with van der Waals surface area (Å²) in [6.07, 6.45) is -0.377. The van der Waals surface area contributed by atoms with Crippen molar-refractivity contribution in [2.24, 2.45) is 0 Å². The molecule has 0 aliphatic carbocycles. The zero-order valence-electron chi connectivity index (χ0n) is 14.9. The Morgan fingerprint density at radius 2 is 1.81 bits per heavy atom. The van der Waals surface area contributed by atoms with Gasteiger partial charge in [-0.3, -0.25) is 0 Å². The summed E-state index contributed by atoms with van der Waals surface area (Å²) in [5, 5.41) is 3.02. The van der Waals surface area contributed by atoms with E-state index >= 15 is 0 Å². The molecule has 0 aliphatic heterocycles. The summed E-state index contributed by atoms with van der Waals surface area (Å²) in [5.74, 6) is 0.143. The van der Waals surface area contributed by atoms with Gasteiger partial charge in [0.2, 0.25) is 0 Å². The third-order valence-electron chi connectivity index (χ3n) is 3.70. The number of anilines is 1. The molecule has 0 unspecified atom stereocenters. The van der Waals surface area contributed by atoms with Crippen molar-refractivity contribution in [3.63, 3.8) is 0 Å². The lowest BCUT2D eigenvalue weighted by Gasteiger charge is -2.24. The molecule has 0 saturated heterocycles. The van der Waals surface area contributed by atoms with Crippen LogP contribution < -0.4 is 10.1 Å². The minimum absolute atomic E-state index is 0.212. The summed E-state index contributed by atoms with van der Waals surface area (Å²) in [7, 11) is 1.57. The normalized spacial score (nSPS) is 12.7. The van der Waals surface area contributed by atoms with Gasteiger partial charge in [-0.2, -0.15) is 0 Å². The third kappa shape index (κ3) is 5.60. The van der Waals surface area contributed by atoms with Gasteiger partial charge in [0.05, 0.1) is 20.3 Å². The van der Waals surface area contributed by atoms with Crippen molar-refractivity contribution in [2.45, 2.75) is 25.7 Å². The van der Waals surface area contributed by atoms with Crippen molar-refractivity contribution in [3.05, 3.63) is 60.2 Å². The standard InChI is InChI=1S/C20H23NO5/c1-3-25-20(23)19(21-16-9-11-17(24-2)12-10-16)18(13-22)26-14-15-7-5-4-6-8-15/h4-13,18-19,21H,3,14H2,1-2H3/t18-,19-/m0/s1. The Bertz CT molecular complexity index is 687. The monoisotopic (exact) mass is 357 g/mol. The number of methoxy groups -OCH3 is 1. The number of hydrogen-bond acceptors (Lipinski definition) is 6. The van der Waals surface area contributed by atoms with E-state index in [-0.39, 0.29) is 13.2 Å². The molecule has 2 aromatic carbocycles. The Hall–Kier alpha value is -2.86. The van der Waals surface area contributed by atoms with E-state index in [0.29, 0.717) is 17.7 Å². The predicted octanol–water partition coefficient (Wildman–Crippen LogP) is 2.82. The second-order valence-electron chi connectivity index (χ2n) is 5.50. The molecule has 0 aromatic heterocycles. The van der Waals surface area contributed by atoms with Gasteiger partial charge < -0.3 is 24.3 Å². The molecular formula is C20H23NO5. The van der Waals surface area contributed by atoms with E-state index in [4.69, 9.17) is 14.2 Å². The molecule has 2 atom stereocenters. The molecule has 0 amide bonds. The molecule has 6 nitrogen and oxygen atoms in total. The maximum atomic E-state index is 12.3. The maximum Gasteiger partial charge on any atom is 0.331 e. The maximum absolute atomic E-state index is 12.3. The molecule has 1 N–H and O–H groups in total. The smallest absolute Gasteiger partial charge is 0.331 e. The van der Waals surface area contributed by atoms with Gasteiger partial charge in [-0.1, -0.05) is 30.3 Å². The predicted molar refractivity (Wildman–Crippen MR) is 98.1 cm³/mol. The average Bonchev–Trinajstić information content (AvgIpc) is 2.69. The van der Waals surface area contributed by atoms with E-state index in [0.717, 1.165) is 5.56 Å². The van der Waals surface area contributed by atoms with Gasteiger partial charge in [-0.05, 0) is 36.8 Å². The number of ether oxygens (including phenoxy) is 3. The SMILES string of the molecule is CCOC(=O)[C@@H](Nc1ccc(OC)cc1)[C@H](C=O)OCc1ccccc1. The number of rotatable bonds is 10. The lowest BCUT2D eigenvalue weighted by atomic mass is 10.1. The van der Waals surface area contributed by atoms with Crippen molar-refractivity contribution in [1.82, 2.24) is 0 Å². The van der Waals surface area contributed by atoms with Crippen LogP contribution in [0, 0.1) is 0 Å². The summed E-state index contributed by atoms with van der Waals surface area (Å²) >= 11 is 0. The Morgan fingerprint density at radius 1 is 1.12 bits per heavy atom. The van der Waals surface area contributed by atoms with Crippen LogP contribution in [0.4, 0.5) is 5.69 Å². The molecule has 2 aromatic rings. The minimum atomic E-state index is -0.989. The largest absolute Gasteiger partial charge is 0.497 e. The van der Waals surface area contributed by atoms with Gasteiger partial charge in [0.25, 0.3) is 0 Å². The fourth-order valence-electron chi connectivity index (χ4n) is 2.35. The molecule has 0 radical (unpaired) electrons. The number of esters is 1. The first-order chi connectivity index (χ1) is 12.7. The fourth-order valence-corrected chi connectivity index (χ4v) is 2.35. The highest BCUT2D eigenvalue weighted by atomic mass is 16.5. The Morgan fingerprint density at radius 3 is 2.38 bits per heavy atom. The van der Waals surface area contributed by atoms with E-state index in [9.17, 15) is 9.59 Å². The summed E-state index contributed by atoms with van der Waals surface area (Å²) in [6.45, 7) is 2.14. The molecule has 26 heavy (non-hydrogen) atoms. The zero-order valence-corrected chi connectivity index (χ0v) is 14.9. The second-order valence-corrected chi connectivity index (χ2v) is 5.50. The molecule has 0 aliphatic rings. The first-order valence-corrected chi connectivity index (χ1v) is 8.36. The lowest BCUT2D eigenvalue weighted by Crippen LogP contribution is -2.44. The first-order valence-electron chi connectivity index (χ1n) is 8.36. The van der Waals surface area contributed by atoms with Gasteiger partial charge in [-0.15, -0.1) is 0 Å². The molecule has 0 spiro atoms. The van der Waals surface area contributed by atoms with Gasteiger partial charge >= 0.3 is 5.97 Å². The van der Waals surface area contributed by atoms with E-state index < -0.39 is 18.1 Å².